The minimum atomic E-state index is 0.252. The van der Waals surface area contributed by atoms with Crippen molar-refractivity contribution in [3.05, 3.63) is 0 Å². The molecule has 0 aromatic carbocycles. The minimum Gasteiger partial charge on any atom is -0.325 e. The van der Waals surface area contributed by atoms with Gasteiger partial charge in [-0.25, -0.2) is 0 Å². The molecule has 0 spiro atoms. The van der Waals surface area contributed by atoms with Crippen molar-refractivity contribution >= 4 is 0 Å². The van der Waals surface area contributed by atoms with Gasteiger partial charge in [0.25, 0.3) is 0 Å². The van der Waals surface area contributed by atoms with E-state index in [0.29, 0.717) is 0 Å². The Balaban J connectivity index is 1.72. The van der Waals surface area contributed by atoms with Crippen molar-refractivity contribution in [2.24, 2.45) is 5.73 Å². The summed E-state index contributed by atoms with van der Waals surface area (Å²) >= 11 is 0. The highest BCUT2D eigenvalue weighted by atomic mass is 15.2. The van der Waals surface area contributed by atoms with E-state index in [0.717, 1.165) is 6.04 Å². The Bertz CT molecular complexity index is 163. The van der Waals surface area contributed by atoms with Crippen LogP contribution in [0.25, 0.3) is 0 Å². The van der Waals surface area contributed by atoms with Crippen LogP contribution in [-0.2, 0) is 0 Å². The molecule has 1 aliphatic heterocycles. The largest absolute Gasteiger partial charge is 0.325 e. The average molecular weight is 168 g/mol. The molecule has 12 heavy (non-hydrogen) atoms. The normalized spacial score (nSPS) is 34.0. The van der Waals surface area contributed by atoms with Gasteiger partial charge in [0.2, 0.25) is 0 Å². The minimum absolute atomic E-state index is 0.252. The van der Waals surface area contributed by atoms with Crippen LogP contribution in [0.3, 0.4) is 0 Å². The molecule has 2 heteroatoms. The molecule has 1 atom stereocenters. The van der Waals surface area contributed by atoms with Crippen LogP contribution in [0, 0.1) is 0 Å². The van der Waals surface area contributed by atoms with Crippen molar-refractivity contribution in [1.29, 1.82) is 0 Å². The summed E-state index contributed by atoms with van der Waals surface area (Å²) in [5.74, 6) is 0. The summed E-state index contributed by atoms with van der Waals surface area (Å²) in [4.78, 5) is 2.59. The molecule has 0 amide bonds. The Morgan fingerprint density at radius 1 is 1.50 bits per heavy atom. The van der Waals surface area contributed by atoms with Gasteiger partial charge < -0.3 is 10.6 Å². The van der Waals surface area contributed by atoms with Crippen LogP contribution in [0.4, 0.5) is 0 Å². The maximum Gasteiger partial charge on any atom is 0.0167 e. The molecule has 1 heterocycles. The first-order valence-corrected chi connectivity index (χ1v) is 5.23. The highest BCUT2D eigenvalue weighted by molar-refractivity contribution is 4.99. The Hall–Kier alpha value is -0.0800. The molecule has 0 bridgehead atoms. The van der Waals surface area contributed by atoms with Gasteiger partial charge >= 0.3 is 0 Å². The molecule has 1 unspecified atom stereocenters. The van der Waals surface area contributed by atoms with Crippen molar-refractivity contribution in [2.75, 3.05) is 13.1 Å². The second-order valence-corrected chi connectivity index (χ2v) is 4.64. The van der Waals surface area contributed by atoms with Gasteiger partial charge in [-0.05, 0) is 45.6 Å². The lowest BCUT2D eigenvalue weighted by Gasteiger charge is -2.22. The van der Waals surface area contributed by atoms with E-state index in [1.165, 1.54) is 45.2 Å². The molecule has 2 nitrogen and oxygen atoms in total. The third kappa shape index (κ3) is 1.80. The van der Waals surface area contributed by atoms with Crippen molar-refractivity contribution in [2.45, 2.75) is 50.6 Å². The van der Waals surface area contributed by atoms with Gasteiger partial charge in [-0.3, -0.25) is 0 Å². The lowest BCUT2D eigenvalue weighted by atomic mass is 10.2. The SMILES string of the molecule is CC1CCCN1CCC1(N)CC1. The third-order valence-electron chi connectivity index (χ3n) is 3.48. The van der Waals surface area contributed by atoms with E-state index in [1.54, 1.807) is 0 Å². The van der Waals surface area contributed by atoms with E-state index >= 15 is 0 Å². The molecule has 2 fully saturated rings. The second-order valence-electron chi connectivity index (χ2n) is 4.64. The fourth-order valence-corrected chi connectivity index (χ4v) is 2.10. The van der Waals surface area contributed by atoms with Crippen LogP contribution < -0.4 is 5.73 Å². The van der Waals surface area contributed by atoms with Gasteiger partial charge in [-0.15, -0.1) is 0 Å². The van der Waals surface area contributed by atoms with Crippen LogP contribution >= 0.6 is 0 Å². The molecular weight excluding hydrogens is 148 g/mol. The molecule has 2 aliphatic rings. The predicted molar refractivity (Wildman–Crippen MR) is 51.0 cm³/mol. The molecule has 70 valence electrons. The zero-order chi connectivity index (χ0) is 8.60. The summed E-state index contributed by atoms with van der Waals surface area (Å²) in [6.45, 7) is 4.87. The van der Waals surface area contributed by atoms with Crippen LogP contribution in [0.5, 0.6) is 0 Å². The van der Waals surface area contributed by atoms with Gasteiger partial charge in [0.15, 0.2) is 0 Å². The van der Waals surface area contributed by atoms with Crippen LogP contribution in [0.15, 0.2) is 0 Å². The topological polar surface area (TPSA) is 29.3 Å². The Morgan fingerprint density at radius 3 is 2.75 bits per heavy atom. The van der Waals surface area contributed by atoms with Gasteiger partial charge in [0.05, 0.1) is 0 Å². The molecule has 0 aromatic rings. The fourth-order valence-electron chi connectivity index (χ4n) is 2.10. The van der Waals surface area contributed by atoms with E-state index in [2.05, 4.69) is 11.8 Å². The first-order chi connectivity index (χ1) is 5.70. The molecule has 0 aromatic heterocycles. The molecule has 0 radical (unpaired) electrons. The maximum atomic E-state index is 6.04. The predicted octanol–water partition coefficient (Wildman–Crippen LogP) is 1.35. The molecule has 1 saturated heterocycles. The zero-order valence-corrected chi connectivity index (χ0v) is 8.05. The molecule has 2 N–H and O–H groups in total. The van der Waals surface area contributed by atoms with Gasteiger partial charge in [0, 0.05) is 18.1 Å². The van der Waals surface area contributed by atoms with E-state index in [9.17, 15) is 0 Å². The summed E-state index contributed by atoms with van der Waals surface area (Å²) in [7, 11) is 0. The number of rotatable bonds is 3. The van der Waals surface area contributed by atoms with Gasteiger partial charge in [0.1, 0.15) is 0 Å². The van der Waals surface area contributed by atoms with E-state index in [-0.39, 0.29) is 5.54 Å². The van der Waals surface area contributed by atoms with Crippen LogP contribution in [0.2, 0.25) is 0 Å². The summed E-state index contributed by atoms with van der Waals surface area (Å²) in [5, 5.41) is 0. The van der Waals surface area contributed by atoms with Crippen molar-refractivity contribution < 1.29 is 0 Å². The van der Waals surface area contributed by atoms with E-state index < -0.39 is 0 Å². The lowest BCUT2D eigenvalue weighted by molar-refractivity contribution is 0.255. The summed E-state index contributed by atoms with van der Waals surface area (Å²) in [6, 6.07) is 0.812. The Labute approximate surface area is 75.1 Å². The second kappa shape index (κ2) is 3.00. The van der Waals surface area contributed by atoms with Crippen molar-refractivity contribution in [3.63, 3.8) is 0 Å². The van der Waals surface area contributed by atoms with Crippen LogP contribution in [0.1, 0.15) is 39.0 Å². The van der Waals surface area contributed by atoms with Crippen molar-refractivity contribution in [1.82, 2.24) is 4.90 Å². The summed E-state index contributed by atoms with van der Waals surface area (Å²) < 4.78 is 0. The number of hydrogen-bond acceptors (Lipinski definition) is 2. The number of likely N-dealkylation sites (tertiary alicyclic amines) is 1. The molecule has 1 saturated carbocycles. The Morgan fingerprint density at radius 2 is 2.25 bits per heavy atom. The fraction of sp³-hybridized carbons (Fsp3) is 1.00. The lowest BCUT2D eigenvalue weighted by Crippen LogP contribution is -2.33. The molecular formula is C10H20N2. The highest BCUT2D eigenvalue weighted by Crippen LogP contribution is 2.36. The highest BCUT2D eigenvalue weighted by Gasteiger charge is 2.38. The first kappa shape index (κ1) is 8.52. The van der Waals surface area contributed by atoms with Gasteiger partial charge in [-0.2, -0.15) is 0 Å². The molecule has 1 aliphatic carbocycles. The summed E-state index contributed by atoms with van der Waals surface area (Å²) in [6.07, 6.45) is 6.51. The monoisotopic (exact) mass is 168 g/mol. The van der Waals surface area contributed by atoms with Crippen LogP contribution in [-0.4, -0.2) is 29.6 Å². The zero-order valence-electron chi connectivity index (χ0n) is 8.05. The third-order valence-corrected chi connectivity index (χ3v) is 3.48. The summed E-state index contributed by atoms with van der Waals surface area (Å²) in [5.41, 5.74) is 6.30. The van der Waals surface area contributed by atoms with E-state index in [4.69, 9.17) is 5.73 Å². The molecule has 2 rings (SSSR count). The average Bonchev–Trinajstić information content (AvgIpc) is 2.61. The number of nitrogens with two attached hydrogens (primary N) is 1. The first-order valence-electron chi connectivity index (χ1n) is 5.23. The van der Waals surface area contributed by atoms with Crippen molar-refractivity contribution in [3.8, 4) is 0 Å². The Kier molecular flexibility index (Phi) is 2.13. The number of hydrogen-bond donors (Lipinski definition) is 1. The van der Waals surface area contributed by atoms with E-state index in [1.807, 2.05) is 0 Å². The quantitative estimate of drug-likeness (QED) is 0.689. The number of nitrogens with zero attached hydrogens (tertiary/aromatic N) is 1. The smallest absolute Gasteiger partial charge is 0.0167 e. The standard InChI is InChI=1S/C10H20N2/c1-9-3-2-7-12(9)8-6-10(11)4-5-10/h9H,2-8,11H2,1H3. The van der Waals surface area contributed by atoms with Gasteiger partial charge in [-0.1, -0.05) is 0 Å². The maximum absolute atomic E-state index is 6.04.